The van der Waals surface area contributed by atoms with Crippen molar-refractivity contribution < 1.29 is 4.42 Å². The number of nitrogens with one attached hydrogen (secondary N) is 1. The van der Waals surface area contributed by atoms with Crippen molar-refractivity contribution in [2.75, 3.05) is 0 Å². The monoisotopic (exact) mass is 413 g/mol. The highest BCUT2D eigenvalue weighted by atomic mass is 32.1. The summed E-state index contributed by atoms with van der Waals surface area (Å²) in [5.41, 5.74) is 5.79. The number of aryl methyl sites for hydroxylation is 1. The van der Waals surface area contributed by atoms with Gasteiger partial charge in [0.05, 0.1) is 23.4 Å². The maximum atomic E-state index is 5.54. The molecule has 0 atom stereocenters. The Labute approximate surface area is 182 Å². The summed E-state index contributed by atoms with van der Waals surface area (Å²) in [6.07, 6.45) is 13.8. The third-order valence-corrected chi connectivity index (χ3v) is 6.77. The molecule has 1 aliphatic rings. The summed E-state index contributed by atoms with van der Waals surface area (Å²) in [6, 6.07) is 3.99. The molecule has 3 rings (SSSR count). The fourth-order valence-corrected chi connectivity index (χ4v) is 4.95. The van der Waals surface area contributed by atoms with Crippen molar-refractivity contribution in [3.63, 3.8) is 0 Å². The average Bonchev–Trinajstić information content (AvgIpc) is 3.33. The van der Waals surface area contributed by atoms with Crippen LogP contribution >= 0.6 is 11.3 Å². The zero-order valence-corrected chi connectivity index (χ0v) is 20.0. The lowest BCUT2D eigenvalue weighted by Crippen LogP contribution is -2.11. The zero-order chi connectivity index (χ0) is 21.2. The van der Waals surface area contributed by atoms with E-state index in [9.17, 15) is 0 Å². The van der Waals surface area contributed by atoms with E-state index in [0.717, 1.165) is 37.5 Å². The van der Waals surface area contributed by atoms with Gasteiger partial charge in [-0.3, -0.25) is 0 Å². The predicted molar refractivity (Wildman–Crippen MR) is 129 cm³/mol. The molecule has 160 valence electrons. The van der Waals surface area contributed by atoms with E-state index < -0.39 is 0 Å². The highest BCUT2D eigenvalue weighted by Crippen LogP contribution is 2.48. The third-order valence-electron chi connectivity index (χ3n) is 5.29. The molecule has 0 unspecified atom stereocenters. The van der Waals surface area contributed by atoms with Crippen molar-refractivity contribution in [3.05, 3.63) is 62.8 Å². The Balaban J connectivity index is 0.00000145. The first-order valence-electron chi connectivity index (χ1n) is 11.5. The minimum Gasteiger partial charge on any atom is -0.467 e. The fraction of sp³-hybridized carbons (Fsp3) is 0.538. The van der Waals surface area contributed by atoms with E-state index in [1.165, 1.54) is 41.0 Å². The van der Waals surface area contributed by atoms with Gasteiger partial charge in [0.25, 0.3) is 0 Å². The standard InChI is InChI=1S/C24H33NOS.C2H6/c1-5-8-10-18(6-2)15-21(25-16-20-11-9-14-26-20)24-17(4)23(19-12-13-19)22(7-3)27-24;1-2/h9-11,14-15,19,25H,5-8,12-13,16H2,1-4H3;1-2H3/b18-10+,21-15+;. The lowest BCUT2D eigenvalue weighted by molar-refractivity contribution is 0.501. The normalized spacial score (nSPS) is 14.6. The van der Waals surface area contributed by atoms with Gasteiger partial charge in [-0.1, -0.05) is 52.7 Å². The van der Waals surface area contributed by atoms with Gasteiger partial charge in [0, 0.05) is 4.88 Å². The van der Waals surface area contributed by atoms with E-state index in [1.54, 1.807) is 16.7 Å². The van der Waals surface area contributed by atoms with Crippen LogP contribution in [0.1, 0.15) is 99.3 Å². The average molecular weight is 414 g/mol. The van der Waals surface area contributed by atoms with Crippen LogP contribution in [0.4, 0.5) is 0 Å². The molecule has 2 heterocycles. The van der Waals surface area contributed by atoms with Gasteiger partial charge < -0.3 is 9.73 Å². The SMILES string of the molecule is CC.CCC/C=C(/C=C(/NCc1ccco1)c1sc(CC)c(C2CC2)c1C)CC. The van der Waals surface area contributed by atoms with E-state index >= 15 is 0 Å². The van der Waals surface area contributed by atoms with E-state index in [-0.39, 0.29) is 0 Å². The number of hydrogen-bond acceptors (Lipinski definition) is 3. The predicted octanol–water partition coefficient (Wildman–Crippen LogP) is 8.38. The molecule has 3 heteroatoms. The highest BCUT2D eigenvalue weighted by molar-refractivity contribution is 7.13. The Morgan fingerprint density at radius 3 is 2.55 bits per heavy atom. The van der Waals surface area contributed by atoms with Crippen LogP contribution in [0, 0.1) is 6.92 Å². The van der Waals surface area contributed by atoms with Crippen LogP contribution in [0.25, 0.3) is 5.70 Å². The zero-order valence-electron chi connectivity index (χ0n) is 19.2. The third kappa shape index (κ3) is 6.37. The minimum atomic E-state index is 0.723. The summed E-state index contributed by atoms with van der Waals surface area (Å²) in [7, 11) is 0. The summed E-state index contributed by atoms with van der Waals surface area (Å²) in [4.78, 5) is 2.99. The summed E-state index contributed by atoms with van der Waals surface area (Å²) >= 11 is 1.99. The summed E-state index contributed by atoms with van der Waals surface area (Å²) in [5.74, 6) is 1.78. The summed E-state index contributed by atoms with van der Waals surface area (Å²) < 4.78 is 5.54. The van der Waals surface area contributed by atoms with Crippen LogP contribution < -0.4 is 5.32 Å². The molecule has 1 fully saturated rings. The van der Waals surface area contributed by atoms with Crippen molar-refractivity contribution in [1.82, 2.24) is 5.32 Å². The molecule has 2 nitrogen and oxygen atoms in total. The second-order valence-corrected chi connectivity index (χ2v) is 8.54. The Bertz CT molecular complexity index is 791. The van der Waals surface area contributed by atoms with Gasteiger partial charge in [-0.15, -0.1) is 11.3 Å². The van der Waals surface area contributed by atoms with Crippen molar-refractivity contribution in [2.24, 2.45) is 0 Å². The van der Waals surface area contributed by atoms with E-state index in [1.807, 2.05) is 37.3 Å². The van der Waals surface area contributed by atoms with E-state index in [4.69, 9.17) is 4.42 Å². The second kappa shape index (κ2) is 12.1. The first kappa shape index (κ1) is 23.5. The minimum absolute atomic E-state index is 0.723. The van der Waals surface area contributed by atoms with Gasteiger partial charge >= 0.3 is 0 Å². The molecule has 0 radical (unpaired) electrons. The maximum absolute atomic E-state index is 5.54. The first-order valence-corrected chi connectivity index (χ1v) is 12.3. The van der Waals surface area contributed by atoms with Gasteiger partial charge in [-0.05, 0) is 74.3 Å². The molecule has 0 amide bonds. The molecule has 2 aromatic rings. The lowest BCUT2D eigenvalue weighted by Gasteiger charge is -2.12. The molecule has 1 N–H and O–H groups in total. The molecule has 0 bridgehead atoms. The number of unbranched alkanes of at least 4 members (excludes halogenated alkanes) is 1. The van der Waals surface area contributed by atoms with Crippen LogP contribution in [0.2, 0.25) is 0 Å². The molecule has 29 heavy (non-hydrogen) atoms. The highest BCUT2D eigenvalue weighted by Gasteiger charge is 2.30. The van der Waals surface area contributed by atoms with Crippen LogP contribution in [0.5, 0.6) is 0 Å². The van der Waals surface area contributed by atoms with Crippen LogP contribution in [0.15, 0.2) is 40.5 Å². The van der Waals surface area contributed by atoms with E-state index in [0.29, 0.717) is 0 Å². The van der Waals surface area contributed by atoms with E-state index in [2.05, 4.69) is 45.2 Å². The molecule has 0 aliphatic heterocycles. The van der Waals surface area contributed by atoms with Crippen LogP contribution in [0.3, 0.4) is 0 Å². The second-order valence-electron chi connectivity index (χ2n) is 7.43. The molecule has 0 spiro atoms. The molecule has 0 saturated heterocycles. The Hall–Kier alpha value is -1.74. The Morgan fingerprint density at radius 1 is 1.24 bits per heavy atom. The molecule has 2 aromatic heterocycles. The summed E-state index contributed by atoms with van der Waals surface area (Å²) in [6.45, 7) is 13.8. The molecular formula is C26H39NOS. The van der Waals surface area contributed by atoms with Crippen LogP contribution in [-0.2, 0) is 13.0 Å². The molecule has 1 aliphatic carbocycles. The van der Waals surface area contributed by atoms with Gasteiger partial charge in [0.15, 0.2) is 0 Å². The van der Waals surface area contributed by atoms with Gasteiger partial charge in [-0.25, -0.2) is 0 Å². The molecule has 0 aromatic carbocycles. The van der Waals surface area contributed by atoms with Crippen molar-refractivity contribution >= 4 is 17.0 Å². The number of furan rings is 1. The Kier molecular flexibility index (Phi) is 9.80. The van der Waals surface area contributed by atoms with Crippen molar-refractivity contribution in [3.8, 4) is 0 Å². The number of hydrogen-bond donors (Lipinski definition) is 1. The largest absolute Gasteiger partial charge is 0.467 e. The number of rotatable bonds is 10. The quantitative estimate of drug-likeness (QED) is 0.396. The molecular weight excluding hydrogens is 374 g/mol. The summed E-state index contributed by atoms with van der Waals surface area (Å²) in [5, 5.41) is 3.68. The Morgan fingerprint density at radius 2 is 2.00 bits per heavy atom. The van der Waals surface area contributed by atoms with Gasteiger partial charge in [-0.2, -0.15) is 0 Å². The first-order chi connectivity index (χ1) is 14.2. The molecule has 1 saturated carbocycles. The fourth-order valence-electron chi connectivity index (χ4n) is 3.62. The smallest absolute Gasteiger partial charge is 0.122 e. The van der Waals surface area contributed by atoms with Gasteiger partial charge in [0.1, 0.15) is 5.76 Å². The lowest BCUT2D eigenvalue weighted by atomic mass is 10.0. The maximum Gasteiger partial charge on any atom is 0.122 e. The van der Waals surface area contributed by atoms with Gasteiger partial charge in [0.2, 0.25) is 0 Å². The van der Waals surface area contributed by atoms with Crippen molar-refractivity contribution in [1.29, 1.82) is 0 Å². The number of allylic oxidation sites excluding steroid dienone is 3. The van der Waals surface area contributed by atoms with Crippen molar-refractivity contribution in [2.45, 2.75) is 92.5 Å². The number of thiophene rings is 1. The topological polar surface area (TPSA) is 25.2 Å². The van der Waals surface area contributed by atoms with Crippen LogP contribution in [-0.4, -0.2) is 0 Å².